The molecule has 1 heterocycles. The third-order valence-corrected chi connectivity index (χ3v) is 4.25. The lowest BCUT2D eigenvalue weighted by molar-refractivity contribution is -0.385. The topological polar surface area (TPSA) is 81.5 Å². The molecule has 3 rings (SSSR count). The fraction of sp³-hybridized carbons (Fsp3) is 0. The molecule has 138 valence electrons. The molecule has 0 radical (unpaired) electrons. The number of nitrogens with zero attached hydrogens (tertiary/aromatic N) is 1. The molecule has 0 aliphatic heterocycles. The monoisotopic (exact) mass is 394 g/mol. The molecule has 0 aliphatic carbocycles. The zero-order valence-electron chi connectivity index (χ0n) is 13.2. The third kappa shape index (κ3) is 4.06. The molecule has 0 unspecified atom stereocenters. The van der Waals surface area contributed by atoms with Gasteiger partial charge in [0.1, 0.15) is 22.3 Å². The van der Waals surface area contributed by atoms with Crippen molar-refractivity contribution in [3.05, 3.63) is 80.3 Å². The van der Waals surface area contributed by atoms with E-state index in [4.69, 9.17) is 4.74 Å². The van der Waals surface area contributed by atoms with Gasteiger partial charge in [0, 0.05) is 6.07 Å². The summed E-state index contributed by atoms with van der Waals surface area (Å²) in [5, 5.41) is 14.8. The molecule has 0 bridgehead atoms. The Labute approximate surface area is 154 Å². The van der Waals surface area contributed by atoms with Crippen LogP contribution in [0.4, 0.5) is 24.5 Å². The van der Waals surface area contributed by atoms with Crippen molar-refractivity contribution in [3.8, 4) is 11.5 Å². The summed E-state index contributed by atoms with van der Waals surface area (Å²) in [5.41, 5.74) is -0.856. The van der Waals surface area contributed by atoms with Crippen LogP contribution in [0.5, 0.6) is 11.5 Å². The SMILES string of the molecule is O=C(Nc1ccc(F)cc1F)c1sccc1Oc1ccc(F)cc1[N+](=O)[O-]. The summed E-state index contributed by atoms with van der Waals surface area (Å²) in [6, 6.07) is 6.76. The molecule has 1 aromatic heterocycles. The van der Waals surface area contributed by atoms with Crippen LogP contribution in [-0.4, -0.2) is 10.8 Å². The van der Waals surface area contributed by atoms with Crippen molar-refractivity contribution in [2.24, 2.45) is 0 Å². The molecular formula is C17H9F3N2O4S. The maximum absolute atomic E-state index is 13.7. The van der Waals surface area contributed by atoms with Crippen LogP contribution in [0.25, 0.3) is 0 Å². The second-order valence-corrected chi connectivity index (χ2v) is 6.08. The predicted molar refractivity (Wildman–Crippen MR) is 91.8 cm³/mol. The van der Waals surface area contributed by atoms with Gasteiger partial charge in [-0.2, -0.15) is 0 Å². The number of halogens is 3. The number of thiophene rings is 1. The van der Waals surface area contributed by atoms with Gasteiger partial charge in [0.2, 0.25) is 5.75 Å². The van der Waals surface area contributed by atoms with Crippen molar-refractivity contribution in [2.75, 3.05) is 5.32 Å². The van der Waals surface area contributed by atoms with Crippen molar-refractivity contribution in [2.45, 2.75) is 0 Å². The van der Waals surface area contributed by atoms with Crippen LogP contribution < -0.4 is 10.1 Å². The first-order valence-electron chi connectivity index (χ1n) is 7.31. The number of hydrogen-bond donors (Lipinski definition) is 1. The van der Waals surface area contributed by atoms with Crippen molar-refractivity contribution < 1.29 is 27.6 Å². The van der Waals surface area contributed by atoms with E-state index in [1.807, 2.05) is 0 Å². The zero-order valence-corrected chi connectivity index (χ0v) is 14.1. The predicted octanol–water partition coefficient (Wildman–Crippen LogP) is 5.12. The van der Waals surface area contributed by atoms with E-state index in [-0.39, 0.29) is 22.1 Å². The number of hydrogen-bond acceptors (Lipinski definition) is 5. The first-order chi connectivity index (χ1) is 12.8. The number of nitro benzene ring substituents is 1. The van der Waals surface area contributed by atoms with Crippen LogP contribution in [0.3, 0.4) is 0 Å². The Morgan fingerprint density at radius 3 is 2.44 bits per heavy atom. The fourth-order valence-corrected chi connectivity index (χ4v) is 2.86. The molecule has 6 nitrogen and oxygen atoms in total. The second-order valence-electron chi connectivity index (χ2n) is 5.16. The van der Waals surface area contributed by atoms with Gasteiger partial charge in [-0.25, -0.2) is 13.2 Å². The summed E-state index contributed by atoms with van der Waals surface area (Å²) >= 11 is 0.945. The Morgan fingerprint density at radius 2 is 1.74 bits per heavy atom. The van der Waals surface area contributed by atoms with Gasteiger partial charge >= 0.3 is 5.69 Å². The number of nitrogens with one attached hydrogen (secondary N) is 1. The molecule has 1 N–H and O–H groups in total. The van der Waals surface area contributed by atoms with Gasteiger partial charge in [0.05, 0.1) is 16.7 Å². The Hall–Kier alpha value is -3.40. The Kier molecular flexibility index (Phi) is 5.08. The molecular weight excluding hydrogens is 385 g/mol. The number of anilines is 1. The van der Waals surface area contributed by atoms with Gasteiger partial charge in [0.15, 0.2) is 5.75 Å². The molecule has 0 atom stereocenters. The summed E-state index contributed by atoms with van der Waals surface area (Å²) < 4.78 is 45.2. The first kappa shape index (κ1) is 18.4. The number of amides is 1. The molecule has 0 aliphatic rings. The average molecular weight is 394 g/mol. The van der Waals surface area contributed by atoms with Crippen LogP contribution in [0, 0.1) is 27.6 Å². The summed E-state index contributed by atoms with van der Waals surface area (Å²) in [4.78, 5) is 22.6. The van der Waals surface area contributed by atoms with Crippen molar-refractivity contribution >= 4 is 28.6 Å². The number of nitro groups is 1. The highest BCUT2D eigenvalue weighted by Gasteiger charge is 2.21. The van der Waals surface area contributed by atoms with Crippen LogP contribution in [0.2, 0.25) is 0 Å². The van der Waals surface area contributed by atoms with E-state index >= 15 is 0 Å². The van der Waals surface area contributed by atoms with Crippen LogP contribution in [-0.2, 0) is 0 Å². The number of rotatable bonds is 5. The lowest BCUT2D eigenvalue weighted by Gasteiger charge is -2.09. The van der Waals surface area contributed by atoms with Gasteiger partial charge in [0.25, 0.3) is 5.91 Å². The van der Waals surface area contributed by atoms with Gasteiger partial charge in [-0.05, 0) is 35.7 Å². The van der Waals surface area contributed by atoms with Crippen LogP contribution in [0.15, 0.2) is 47.8 Å². The molecule has 3 aromatic rings. The van der Waals surface area contributed by atoms with E-state index in [1.54, 1.807) is 0 Å². The van der Waals surface area contributed by atoms with Gasteiger partial charge < -0.3 is 10.1 Å². The minimum absolute atomic E-state index is 0.00246. The Balaban J connectivity index is 1.86. The van der Waals surface area contributed by atoms with E-state index in [2.05, 4.69) is 5.32 Å². The lowest BCUT2D eigenvalue weighted by Crippen LogP contribution is -2.12. The number of carbonyl (C=O) groups excluding carboxylic acids is 1. The van der Waals surface area contributed by atoms with Crippen molar-refractivity contribution in [1.82, 2.24) is 0 Å². The highest BCUT2D eigenvalue weighted by molar-refractivity contribution is 7.12. The van der Waals surface area contributed by atoms with Crippen molar-refractivity contribution in [1.29, 1.82) is 0 Å². The van der Waals surface area contributed by atoms with Gasteiger partial charge in [-0.15, -0.1) is 11.3 Å². The zero-order chi connectivity index (χ0) is 19.6. The van der Waals surface area contributed by atoms with Gasteiger partial charge in [-0.3, -0.25) is 14.9 Å². The van der Waals surface area contributed by atoms with E-state index in [0.717, 1.165) is 35.6 Å². The minimum Gasteiger partial charge on any atom is -0.448 e. The quantitative estimate of drug-likeness (QED) is 0.481. The summed E-state index contributed by atoms with van der Waals surface area (Å²) in [5.74, 6) is -3.62. The highest BCUT2D eigenvalue weighted by Crippen LogP contribution is 2.35. The Morgan fingerprint density at radius 1 is 1.04 bits per heavy atom. The molecule has 0 saturated heterocycles. The molecule has 27 heavy (non-hydrogen) atoms. The number of ether oxygens (including phenoxy) is 1. The maximum Gasteiger partial charge on any atom is 0.314 e. The van der Waals surface area contributed by atoms with Crippen LogP contribution >= 0.6 is 11.3 Å². The summed E-state index contributed by atoms with van der Waals surface area (Å²) in [6.07, 6.45) is 0. The molecule has 0 fully saturated rings. The van der Waals surface area contributed by atoms with Crippen LogP contribution in [0.1, 0.15) is 9.67 Å². The van der Waals surface area contributed by atoms with E-state index in [1.165, 1.54) is 11.4 Å². The van der Waals surface area contributed by atoms with Crippen molar-refractivity contribution in [3.63, 3.8) is 0 Å². The summed E-state index contributed by atoms with van der Waals surface area (Å²) in [6.45, 7) is 0. The molecule has 0 saturated carbocycles. The first-order valence-corrected chi connectivity index (χ1v) is 8.19. The van der Waals surface area contributed by atoms with E-state index in [0.29, 0.717) is 12.1 Å². The lowest BCUT2D eigenvalue weighted by atomic mass is 10.2. The molecule has 2 aromatic carbocycles. The third-order valence-electron chi connectivity index (χ3n) is 3.35. The highest BCUT2D eigenvalue weighted by atomic mass is 32.1. The minimum atomic E-state index is -0.962. The normalized spacial score (nSPS) is 10.5. The molecule has 10 heteroatoms. The number of benzene rings is 2. The van der Waals surface area contributed by atoms with E-state index in [9.17, 15) is 28.1 Å². The molecule has 0 spiro atoms. The molecule has 1 amide bonds. The average Bonchev–Trinajstić information content (AvgIpc) is 3.07. The van der Waals surface area contributed by atoms with Gasteiger partial charge in [-0.1, -0.05) is 0 Å². The van der Waals surface area contributed by atoms with E-state index < -0.39 is 34.0 Å². The number of carbonyl (C=O) groups is 1. The standard InChI is InChI=1S/C17H9F3N2O4S/c18-9-1-3-12(11(20)7-9)21-17(23)16-15(5-6-27-16)26-14-4-2-10(19)8-13(14)22(24)25/h1-8H,(H,21,23). The Bertz CT molecular complexity index is 1040. The largest absolute Gasteiger partial charge is 0.448 e. The fourth-order valence-electron chi connectivity index (χ4n) is 2.15. The summed E-state index contributed by atoms with van der Waals surface area (Å²) in [7, 11) is 0. The maximum atomic E-state index is 13.7. The smallest absolute Gasteiger partial charge is 0.314 e. The second kappa shape index (κ2) is 7.46.